The van der Waals surface area contributed by atoms with Crippen molar-refractivity contribution >= 4 is 45.4 Å². The number of amides is 1. The fourth-order valence-corrected chi connectivity index (χ4v) is 4.81. The summed E-state index contributed by atoms with van der Waals surface area (Å²) in [6.45, 7) is 2.18. The summed E-state index contributed by atoms with van der Waals surface area (Å²) in [6.07, 6.45) is 2.78. The van der Waals surface area contributed by atoms with Gasteiger partial charge in [0.1, 0.15) is 12.4 Å². The number of rotatable bonds is 8. The molecule has 2 N–H and O–H groups in total. The molecule has 1 amide bonds. The second-order valence-corrected chi connectivity index (χ2v) is 9.58. The van der Waals surface area contributed by atoms with Gasteiger partial charge in [-0.2, -0.15) is 0 Å². The Hall–Kier alpha value is -2.97. The molecule has 1 fully saturated rings. The van der Waals surface area contributed by atoms with Gasteiger partial charge in [0, 0.05) is 15.7 Å². The van der Waals surface area contributed by atoms with Crippen LogP contribution in [0.15, 0.2) is 70.0 Å². The molecule has 1 saturated heterocycles. The van der Waals surface area contributed by atoms with E-state index in [1.165, 1.54) is 30.5 Å². The first kappa shape index (κ1) is 24.2. The van der Waals surface area contributed by atoms with Crippen molar-refractivity contribution in [2.45, 2.75) is 25.4 Å². The molecule has 0 aliphatic carbocycles. The first-order chi connectivity index (χ1) is 16.5. The second-order valence-electron chi connectivity index (χ2n) is 7.58. The van der Waals surface area contributed by atoms with Gasteiger partial charge in [-0.1, -0.05) is 64.9 Å². The van der Waals surface area contributed by atoms with Crippen LogP contribution in [0.5, 0.6) is 11.5 Å². The highest BCUT2D eigenvalue weighted by Crippen LogP contribution is 2.37. The zero-order valence-electron chi connectivity index (χ0n) is 18.7. The molecule has 5 nitrogen and oxygen atoms in total. The Kier molecular flexibility index (Phi) is 7.80. The summed E-state index contributed by atoms with van der Waals surface area (Å²) >= 11 is 4.96. The van der Waals surface area contributed by atoms with Gasteiger partial charge in [0.25, 0.3) is 5.91 Å². The van der Waals surface area contributed by atoms with Crippen LogP contribution in [0.3, 0.4) is 0 Å². The molecular weight excluding hydrogens is 519 g/mol. The normalized spacial score (nSPS) is 16.4. The average Bonchev–Trinajstić information content (AvgIpc) is 3.18. The molecule has 0 radical (unpaired) electrons. The number of halogens is 2. The predicted molar refractivity (Wildman–Crippen MR) is 138 cm³/mol. The molecule has 0 bridgehead atoms. The van der Waals surface area contributed by atoms with Crippen molar-refractivity contribution in [2.24, 2.45) is 0 Å². The van der Waals surface area contributed by atoms with Gasteiger partial charge in [-0.25, -0.2) is 4.39 Å². The van der Waals surface area contributed by atoms with Gasteiger partial charge in [0.05, 0.1) is 12.0 Å². The lowest BCUT2D eigenvalue weighted by molar-refractivity contribution is -0.116. The van der Waals surface area contributed by atoms with Crippen molar-refractivity contribution in [3.63, 3.8) is 0 Å². The van der Waals surface area contributed by atoms with Crippen molar-refractivity contribution in [1.82, 2.24) is 5.32 Å². The molecule has 1 aliphatic heterocycles. The van der Waals surface area contributed by atoms with Crippen LogP contribution in [0.2, 0.25) is 0 Å². The van der Waals surface area contributed by atoms with Crippen molar-refractivity contribution in [1.29, 1.82) is 0 Å². The summed E-state index contributed by atoms with van der Waals surface area (Å²) in [5.41, 5.74) is 3.15. The Labute approximate surface area is 210 Å². The lowest BCUT2D eigenvalue weighted by Gasteiger charge is -2.13. The Morgan fingerprint density at radius 1 is 1.15 bits per heavy atom. The van der Waals surface area contributed by atoms with E-state index >= 15 is 0 Å². The molecule has 1 atom stereocenters. The molecule has 0 aromatic heterocycles. The van der Waals surface area contributed by atoms with E-state index in [9.17, 15) is 9.18 Å². The van der Waals surface area contributed by atoms with E-state index < -0.39 is 0 Å². The molecule has 34 heavy (non-hydrogen) atoms. The number of anilines is 1. The number of thioether (sulfide) groups is 1. The Bertz CT molecular complexity index is 1220. The van der Waals surface area contributed by atoms with Crippen LogP contribution >= 0.6 is 27.7 Å². The molecule has 1 aliphatic rings. The van der Waals surface area contributed by atoms with Gasteiger partial charge in [-0.3, -0.25) is 4.79 Å². The number of hydrogen-bond donors (Lipinski definition) is 2. The average molecular weight is 543 g/mol. The van der Waals surface area contributed by atoms with Gasteiger partial charge in [0.2, 0.25) is 0 Å². The lowest BCUT2D eigenvalue weighted by Crippen LogP contribution is -2.30. The zero-order valence-corrected chi connectivity index (χ0v) is 21.1. The maximum absolute atomic E-state index is 13.9. The number of hydrogen-bond acceptors (Lipinski definition) is 5. The fourth-order valence-electron chi connectivity index (χ4n) is 3.40. The van der Waals surface area contributed by atoms with Gasteiger partial charge in [0.15, 0.2) is 17.0 Å². The first-order valence-electron chi connectivity index (χ1n) is 10.7. The number of benzene rings is 3. The van der Waals surface area contributed by atoms with Crippen LogP contribution < -0.4 is 20.1 Å². The number of ether oxygens (including phenoxy) is 2. The molecule has 1 heterocycles. The van der Waals surface area contributed by atoms with E-state index in [0.29, 0.717) is 22.0 Å². The monoisotopic (exact) mass is 542 g/mol. The van der Waals surface area contributed by atoms with Crippen LogP contribution in [0.25, 0.3) is 6.08 Å². The van der Waals surface area contributed by atoms with Gasteiger partial charge < -0.3 is 20.1 Å². The van der Waals surface area contributed by atoms with Crippen LogP contribution in [0.1, 0.15) is 23.6 Å². The van der Waals surface area contributed by atoms with Gasteiger partial charge >= 0.3 is 0 Å². The molecule has 0 spiro atoms. The van der Waals surface area contributed by atoms with E-state index in [1.807, 2.05) is 12.1 Å². The highest BCUT2D eigenvalue weighted by molar-refractivity contribution is 9.10. The predicted octanol–water partition coefficient (Wildman–Crippen LogP) is 6.34. The van der Waals surface area contributed by atoms with Crippen molar-refractivity contribution in [3.05, 3.63) is 92.5 Å². The number of nitrogens with one attached hydrogen (secondary N) is 2. The minimum atomic E-state index is -0.323. The molecule has 176 valence electrons. The third kappa shape index (κ3) is 5.74. The largest absolute Gasteiger partial charge is 0.493 e. The molecular formula is C26H24BrFN2O3S. The molecule has 0 saturated carbocycles. The van der Waals surface area contributed by atoms with Crippen molar-refractivity contribution in [2.75, 3.05) is 12.4 Å². The SMILES string of the molecule is CCc1ccc(N[C@H]2NC(=O)/C(=C/c3cc(OC)c(OCc4ccccc4F)cc3Br)S2)cc1. The van der Waals surface area contributed by atoms with Gasteiger partial charge in [-0.05, 0) is 54.0 Å². The van der Waals surface area contributed by atoms with Crippen LogP contribution in [-0.4, -0.2) is 18.5 Å². The van der Waals surface area contributed by atoms with Crippen molar-refractivity contribution < 1.29 is 18.7 Å². The number of carbonyl (C=O) groups is 1. The minimum Gasteiger partial charge on any atom is -0.493 e. The maximum Gasteiger partial charge on any atom is 0.260 e. The molecule has 3 aromatic carbocycles. The summed E-state index contributed by atoms with van der Waals surface area (Å²) in [5, 5.41) is 6.27. The van der Waals surface area contributed by atoms with E-state index in [4.69, 9.17) is 9.47 Å². The second kappa shape index (κ2) is 11.0. The Balaban J connectivity index is 1.48. The fraction of sp³-hybridized carbons (Fsp3) is 0.192. The van der Waals surface area contributed by atoms with Crippen LogP contribution in [-0.2, 0) is 17.8 Å². The molecule has 4 rings (SSSR count). The summed E-state index contributed by atoms with van der Waals surface area (Å²) in [5.74, 6) is 0.480. The number of aryl methyl sites for hydroxylation is 1. The topological polar surface area (TPSA) is 59.6 Å². The lowest BCUT2D eigenvalue weighted by atomic mass is 10.1. The quantitative estimate of drug-likeness (QED) is 0.325. The number of methoxy groups -OCH3 is 1. The maximum atomic E-state index is 13.9. The minimum absolute atomic E-state index is 0.0702. The standard InChI is InChI=1S/C26H24BrFN2O3S/c1-3-16-8-10-19(11-9-16)29-26-30-25(31)24(34-26)13-18-12-22(32-2)23(14-20(18)27)33-15-17-6-4-5-7-21(17)28/h4-14,26,29H,3,15H2,1-2H3,(H,30,31)/b24-13-/t26-/m0/s1. The van der Waals surface area contributed by atoms with E-state index in [1.54, 1.807) is 36.4 Å². The van der Waals surface area contributed by atoms with Crippen LogP contribution in [0, 0.1) is 5.82 Å². The summed E-state index contributed by atoms with van der Waals surface area (Å²) < 4.78 is 25.9. The highest BCUT2D eigenvalue weighted by Gasteiger charge is 2.27. The summed E-state index contributed by atoms with van der Waals surface area (Å²) in [6, 6.07) is 18.2. The van der Waals surface area contributed by atoms with Gasteiger partial charge in [-0.15, -0.1) is 0 Å². The van der Waals surface area contributed by atoms with Crippen molar-refractivity contribution in [3.8, 4) is 11.5 Å². The Morgan fingerprint density at radius 3 is 2.62 bits per heavy atom. The summed E-state index contributed by atoms with van der Waals surface area (Å²) in [7, 11) is 1.54. The smallest absolute Gasteiger partial charge is 0.260 e. The third-order valence-corrected chi connectivity index (χ3v) is 7.02. The third-order valence-electron chi connectivity index (χ3n) is 5.30. The van der Waals surface area contributed by atoms with E-state index in [0.717, 1.165) is 22.1 Å². The molecule has 0 unspecified atom stereocenters. The summed E-state index contributed by atoms with van der Waals surface area (Å²) in [4.78, 5) is 13.1. The highest BCUT2D eigenvalue weighted by atomic mass is 79.9. The molecule has 3 aromatic rings. The van der Waals surface area contributed by atoms with E-state index in [2.05, 4.69) is 45.6 Å². The Morgan fingerprint density at radius 2 is 1.91 bits per heavy atom. The first-order valence-corrected chi connectivity index (χ1v) is 12.4. The zero-order chi connectivity index (χ0) is 24.1. The molecule has 8 heteroatoms. The van der Waals surface area contributed by atoms with E-state index in [-0.39, 0.29) is 23.8 Å². The number of carbonyl (C=O) groups excluding carboxylic acids is 1. The van der Waals surface area contributed by atoms with Crippen LogP contribution in [0.4, 0.5) is 10.1 Å².